The summed E-state index contributed by atoms with van der Waals surface area (Å²) in [5.74, 6) is 0. The van der Waals surface area contributed by atoms with Gasteiger partial charge in [0.15, 0.2) is 0 Å². The second-order valence-electron chi connectivity index (χ2n) is 3.16. The molecule has 0 aliphatic heterocycles. The van der Waals surface area contributed by atoms with Crippen LogP contribution in [0.15, 0.2) is 12.2 Å². The van der Waals surface area contributed by atoms with Gasteiger partial charge in [0.2, 0.25) is 0 Å². The van der Waals surface area contributed by atoms with Crippen LogP contribution in [0.3, 0.4) is 0 Å². The molecule has 0 saturated carbocycles. The molecule has 0 unspecified atom stereocenters. The quantitative estimate of drug-likeness (QED) is 0.353. The van der Waals surface area contributed by atoms with E-state index in [2.05, 4.69) is 15.9 Å². The first-order valence-electron chi connectivity index (χ1n) is 4.84. The summed E-state index contributed by atoms with van der Waals surface area (Å²) in [6, 6.07) is 0. The highest BCUT2D eigenvalue weighted by Crippen LogP contribution is 2.21. The minimum Gasteiger partial charge on any atom is -0.171 e. The predicted octanol–water partition coefficient (Wildman–Crippen LogP) is 4.84. The summed E-state index contributed by atoms with van der Waals surface area (Å²) in [7, 11) is 0. The maximum absolute atomic E-state index is 11.7. The van der Waals surface area contributed by atoms with Gasteiger partial charge in [-0.05, 0) is 25.7 Å². The van der Waals surface area contributed by atoms with Crippen molar-refractivity contribution in [2.75, 3.05) is 5.33 Å². The lowest BCUT2D eigenvalue weighted by Gasteiger charge is -2.01. The Labute approximate surface area is 91.7 Å². The molecule has 0 rings (SSSR count). The maximum atomic E-state index is 11.7. The molecule has 4 heteroatoms. The Kier molecular flexibility index (Phi) is 8.34. The molecule has 0 aliphatic rings. The zero-order valence-electron chi connectivity index (χ0n) is 8.12. The Hall–Kier alpha value is 0.01000. The van der Waals surface area contributed by atoms with Crippen LogP contribution in [0.25, 0.3) is 0 Å². The number of allylic oxidation sites excluding steroid dienone is 2. The third kappa shape index (κ3) is 12.0. The number of rotatable bonds is 7. The summed E-state index contributed by atoms with van der Waals surface area (Å²) in [6.45, 7) is 0. The van der Waals surface area contributed by atoms with Gasteiger partial charge >= 0.3 is 6.18 Å². The topological polar surface area (TPSA) is 0 Å². The smallest absolute Gasteiger partial charge is 0.171 e. The zero-order valence-corrected chi connectivity index (χ0v) is 9.70. The minimum atomic E-state index is -4.01. The van der Waals surface area contributed by atoms with Gasteiger partial charge in [0.1, 0.15) is 0 Å². The number of alkyl halides is 4. The van der Waals surface area contributed by atoms with Crippen molar-refractivity contribution in [2.24, 2.45) is 0 Å². The van der Waals surface area contributed by atoms with Crippen molar-refractivity contribution in [3.05, 3.63) is 12.2 Å². The van der Waals surface area contributed by atoms with Crippen molar-refractivity contribution in [1.82, 2.24) is 0 Å². The van der Waals surface area contributed by atoms with Crippen LogP contribution in [-0.2, 0) is 0 Å². The van der Waals surface area contributed by atoms with Crippen LogP contribution in [0.4, 0.5) is 13.2 Å². The fourth-order valence-corrected chi connectivity index (χ4v) is 1.41. The maximum Gasteiger partial charge on any atom is 0.389 e. The molecule has 0 saturated heterocycles. The van der Waals surface area contributed by atoms with Gasteiger partial charge in [-0.1, -0.05) is 34.5 Å². The molecular formula is C10H16BrF3. The van der Waals surface area contributed by atoms with E-state index in [1.807, 2.05) is 6.08 Å². The van der Waals surface area contributed by atoms with Crippen molar-refractivity contribution in [3.63, 3.8) is 0 Å². The molecule has 0 amide bonds. The second kappa shape index (κ2) is 8.33. The molecule has 0 atom stereocenters. The standard InChI is InChI=1S/C10H16BrF3/c11-9-7-5-3-1-2-4-6-8-10(12,13)14/h2,4H,1,3,5-9H2/b4-2-. The van der Waals surface area contributed by atoms with Gasteiger partial charge in [-0.15, -0.1) is 0 Å². The number of unbranched alkanes of at least 4 members (excludes halogenated alkanes) is 3. The normalized spacial score (nSPS) is 12.6. The molecule has 84 valence electrons. The largest absolute Gasteiger partial charge is 0.389 e. The van der Waals surface area contributed by atoms with Crippen LogP contribution in [0.5, 0.6) is 0 Å². The van der Waals surface area contributed by atoms with E-state index < -0.39 is 12.6 Å². The van der Waals surface area contributed by atoms with E-state index in [4.69, 9.17) is 0 Å². The van der Waals surface area contributed by atoms with E-state index in [9.17, 15) is 13.2 Å². The minimum absolute atomic E-state index is 0.113. The Balaban J connectivity index is 3.20. The third-order valence-electron chi connectivity index (χ3n) is 1.77. The summed E-state index contributed by atoms with van der Waals surface area (Å²) in [6.07, 6.45) is 3.10. The van der Waals surface area contributed by atoms with Gasteiger partial charge in [0, 0.05) is 11.8 Å². The lowest BCUT2D eigenvalue weighted by molar-refractivity contribution is -0.133. The van der Waals surface area contributed by atoms with Crippen LogP contribution in [0, 0.1) is 0 Å². The molecule has 0 heterocycles. The lowest BCUT2D eigenvalue weighted by Crippen LogP contribution is -2.05. The summed E-state index contributed by atoms with van der Waals surface area (Å²) >= 11 is 3.32. The molecule has 0 fully saturated rings. The van der Waals surface area contributed by atoms with Crippen LogP contribution < -0.4 is 0 Å². The van der Waals surface area contributed by atoms with E-state index >= 15 is 0 Å². The number of halogens is 4. The average Bonchev–Trinajstić information content (AvgIpc) is 2.08. The summed E-state index contributed by atoms with van der Waals surface area (Å²) < 4.78 is 35.1. The SMILES string of the molecule is FC(F)(F)CC/C=C\CCCCCBr. The van der Waals surface area contributed by atoms with Crippen LogP contribution >= 0.6 is 15.9 Å². The van der Waals surface area contributed by atoms with Crippen molar-refractivity contribution in [1.29, 1.82) is 0 Å². The summed E-state index contributed by atoms with van der Waals surface area (Å²) in [4.78, 5) is 0. The molecule has 0 aromatic carbocycles. The second-order valence-corrected chi connectivity index (χ2v) is 3.96. The first-order chi connectivity index (χ1) is 6.56. The highest BCUT2D eigenvalue weighted by Gasteiger charge is 2.25. The van der Waals surface area contributed by atoms with Gasteiger partial charge in [-0.3, -0.25) is 0 Å². The molecule has 0 bridgehead atoms. The van der Waals surface area contributed by atoms with E-state index in [0.717, 1.165) is 31.0 Å². The molecule has 0 aliphatic carbocycles. The van der Waals surface area contributed by atoms with Gasteiger partial charge < -0.3 is 0 Å². The van der Waals surface area contributed by atoms with Gasteiger partial charge in [0.25, 0.3) is 0 Å². The molecule has 0 nitrogen and oxygen atoms in total. The number of hydrogen-bond donors (Lipinski definition) is 0. The van der Waals surface area contributed by atoms with Gasteiger partial charge in [-0.25, -0.2) is 0 Å². The van der Waals surface area contributed by atoms with Crippen LogP contribution in [0.2, 0.25) is 0 Å². The monoisotopic (exact) mass is 272 g/mol. The summed E-state index contributed by atoms with van der Waals surface area (Å²) in [5, 5.41) is 1.00. The fourth-order valence-electron chi connectivity index (χ4n) is 1.02. The van der Waals surface area contributed by atoms with Crippen molar-refractivity contribution in [2.45, 2.75) is 44.7 Å². The number of hydrogen-bond acceptors (Lipinski definition) is 0. The molecule has 0 aromatic heterocycles. The Morgan fingerprint density at radius 3 is 2.14 bits per heavy atom. The van der Waals surface area contributed by atoms with Crippen molar-refractivity contribution < 1.29 is 13.2 Å². The molecule has 0 N–H and O–H groups in total. The first-order valence-corrected chi connectivity index (χ1v) is 5.96. The van der Waals surface area contributed by atoms with E-state index in [1.54, 1.807) is 6.08 Å². The molecule has 0 spiro atoms. The average molecular weight is 273 g/mol. The Morgan fingerprint density at radius 1 is 0.929 bits per heavy atom. The fraction of sp³-hybridized carbons (Fsp3) is 0.800. The Bertz CT molecular complexity index is 152. The first kappa shape index (κ1) is 14.0. The highest BCUT2D eigenvalue weighted by molar-refractivity contribution is 9.09. The molecule has 0 aromatic rings. The van der Waals surface area contributed by atoms with Crippen LogP contribution in [-0.4, -0.2) is 11.5 Å². The van der Waals surface area contributed by atoms with Crippen LogP contribution in [0.1, 0.15) is 38.5 Å². The summed E-state index contributed by atoms with van der Waals surface area (Å²) in [5.41, 5.74) is 0. The molecular weight excluding hydrogens is 257 g/mol. The highest BCUT2D eigenvalue weighted by atomic mass is 79.9. The zero-order chi connectivity index (χ0) is 10.9. The molecule has 14 heavy (non-hydrogen) atoms. The van der Waals surface area contributed by atoms with Gasteiger partial charge in [0.05, 0.1) is 0 Å². The van der Waals surface area contributed by atoms with E-state index in [-0.39, 0.29) is 6.42 Å². The third-order valence-corrected chi connectivity index (χ3v) is 2.33. The molecule has 0 radical (unpaired) electrons. The van der Waals surface area contributed by atoms with Crippen molar-refractivity contribution in [3.8, 4) is 0 Å². The van der Waals surface area contributed by atoms with Crippen molar-refractivity contribution >= 4 is 15.9 Å². The Morgan fingerprint density at radius 2 is 1.57 bits per heavy atom. The van der Waals surface area contributed by atoms with E-state index in [1.165, 1.54) is 0 Å². The predicted molar refractivity (Wildman–Crippen MR) is 56.7 cm³/mol. The van der Waals surface area contributed by atoms with E-state index in [0.29, 0.717) is 0 Å². The lowest BCUT2D eigenvalue weighted by atomic mass is 10.2. The van der Waals surface area contributed by atoms with Gasteiger partial charge in [-0.2, -0.15) is 13.2 Å².